The van der Waals surface area contributed by atoms with Gasteiger partial charge in [0, 0.05) is 6.92 Å². The zero-order chi connectivity index (χ0) is 9.35. The molecule has 3 nitrogen and oxygen atoms in total. The molecular weight excluding hydrogens is 161 g/mol. The summed E-state index contributed by atoms with van der Waals surface area (Å²) in [6.45, 7) is 4.00. The summed E-state index contributed by atoms with van der Waals surface area (Å²) in [4.78, 5) is 14.4. The van der Waals surface area contributed by atoms with Crippen molar-refractivity contribution < 1.29 is 13.6 Å². The van der Waals surface area contributed by atoms with E-state index in [9.17, 15) is 9.18 Å². The Hall–Kier alpha value is -1.19. The number of rotatable bonds is 2. The van der Waals surface area contributed by atoms with Gasteiger partial charge in [-0.1, -0.05) is 0 Å². The Morgan fingerprint density at radius 2 is 2.25 bits per heavy atom. The van der Waals surface area contributed by atoms with Gasteiger partial charge in [0.25, 0.3) is 0 Å². The van der Waals surface area contributed by atoms with E-state index in [1.165, 1.54) is 27.0 Å². The van der Waals surface area contributed by atoms with Crippen LogP contribution in [0, 0.1) is 0 Å². The van der Waals surface area contributed by atoms with Crippen LogP contribution in [0.2, 0.25) is 0 Å². The minimum Gasteiger partial charge on any atom is -0.445 e. The van der Waals surface area contributed by atoms with Gasteiger partial charge in [-0.25, -0.2) is 9.37 Å². The number of hydrogen-bond acceptors (Lipinski definition) is 3. The van der Waals surface area contributed by atoms with Gasteiger partial charge >= 0.3 is 0 Å². The number of halogens is 1. The maximum atomic E-state index is 13.1. The van der Waals surface area contributed by atoms with Crippen molar-refractivity contribution in [3.63, 3.8) is 0 Å². The topological polar surface area (TPSA) is 43.1 Å². The van der Waals surface area contributed by atoms with E-state index in [1.54, 1.807) is 0 Å². The molecule has 0 fully saturated rings. The first-order valence-electron chi connectivity index (χ1n) is 3.57. The summed E-state index contributed by atoms with van der Waals surface area (Å²) in [6, 6.07) is 0. The van der Waals surface area contributed by atoms with Crippen molar-refractivity contribution in [2.45, 2.75) is 26.4 Å². The first kappa shape index (κ1) is 8.90. The summed E-state index contributed by atoms with van der Waals surface area (Å²) < 4.78 is 17.9. The summed E-state index contributed by atoms with van der Waals surface area (Å²) in [5.74, 6) is -0.290. The Morgan fingerprint density at radius 3 is 2.50 bits per heavy atom. The lowest BCUT2D eigenvalue weighted by molar-refractivity contribution is 0.101. The normalized spacial score (nSPS) is 11.7. The predicted molar refractivity (Wildman–Crippen MR) is 40.6 cm³/mol. The molecule has 0 aliphatic carbocycles. The smallest absolute Gasteiger partial charge is 0.231 e. The van der Waals surface area contributed by atoms with E-state index < -0.39 is 5.67 Å². The van der Waals surface area contributed by atoms with E-state index in [2.05, 4.69) is 4.98 Å². The van der Waals surface area contributed by atoms with Crippen LogP contribution < -0.4 is 0 Å². The average molecular weight is 171 g/mol. The molecule has 12 heavy (non-hydrogen) atoms. The van der Waals surface area contributed by atoms with Gasteiger partial charge in [-0.3, -0.25) is 4.79 Å². The molecule has 1 rings (SSSR count). The Labute approximate surface area is 69.6 Å². The maximum absolute atomic E-state index is 13.1. The average Bonchev–Trinajstić information content (AvgIpc) is 2.30. The molecular formula is C8H10FNO2. The van der Waals surface area contributed by atoms with Crippen LogP contribution in [0.15, 0.2) is 10.7 Å². The third kappa shape index (κ3) is 1.69. The fourth-order valence-corrected chi connectivity index (χ4v) is 0.708. The number of ketones is 1. The van der Waals surface area contributed by atoms with Crippen LogP contribution in [0.5, 0.6) is 0 Å². The summed E-state index contributed by atoms with van der Waals surface area (Å²) in [5, 5.41) is 0. The van der Waals surface area contributed by atoms with Gasteiger partial charge in [-0.15, -0.1) is 0 Å². The van der Waals surface area contributed by atoms with E-state index in [4.69, 9.17) is 4.42 Å². The summed E-state index contributed by atoms with van der Waals surface area (Å²) in [6.07, 6.45) is 1.17. The van der Waals surface area contributed by atoms with E-state index in [0.717, 1.165) is 0 Å². The molecule has 0 saturated heterocycles. The van der Waals surface area contributed by atoms with Crippen LogP contribution in [0.25, 0.3) is 0 Å². The van der Waals surface area contributed by atoms with E-state index in [1.807, 2.05) is 0 Å². The van der Waals surface area contributed by atoms with Gasteiger partial charge in [-0.05, 0) is 13.8 Å². The molecule has 1 aromatic heterocycles. The minimum atomic E-state index is -1.63. The van der Waals surface area contributed by atoms with Gasteiger partial charge in [0.1, 0.15) is 12.0 Å². The van der Waals surface area contributed by atoms with Crippen molar-refractivity contribution in [3.05, 3.63) is 17.8 Å². The first-order valence-corrected chi connectivity index (χ1v) is 3.57. The molecule has 4 heteroatoms. The Bertz CT molecular complexity index is 298. The van der Waals surface area contributed by atoms with Crippen LogP contribution in [-0.2, 0) is 5.67 Å². The highest BCUT2D eigenvalue weighted by Crippen LogP contribution is 2.23. The first-order chi connectivity index (χ1) is 5.41. The van der Waals surface area contributed by atoms with Crippen LogP contribution in [0.1, 0.15) is 37.2 Å². The Balaban J connectivity index is 3.00. The zero-order valence-corrected chi connectivity index (χ0v) is 7.22. The number of oxazole rings is 1. The highest BCUT2D eigenvalue weighted by molar-refractivity contribution is 5.91. The van der Waals surface area contributed by atoms with E-state index >= 15 is 0 Å². The second kappa shape index (κ2) is 2.69. The number of alkyl halides is 1. The molecule has 0 aromatic carbocycles. The molecule has 0 N–H and O–H groups in total. The van der Waals surface area contributed by atoms with Gasteiger partial charge in [0.15, 0.2) is 11.5 Å². The van der Waals surface area contributed by atoms with Crippen LogP contribution in [-0.4, -0.2) is 10.8 Å². The molecule has 0 spiro atoms. The summed E-state index contributed by atoms with van der Waals surface area (Å²) in [7, 11) is 0. The fraction of sp³-hybridized carbons (Fsp3) is 0.500. The second-order valence-corrected chi connectivity index (χ2v) is 3.07. The largest absolute Gasteiger partial charge is 0.445 e. The van der Waals surface area contributed by atoms with Crippen molar-refractivity contribution in [1.29, 1.82) is 0 Å². The standard InChI is InChI=1S/C8H10FNO2/c1-5(11)6-4-12-7(10-6)8(2,3)9/h4H,1-3H3. The minimum absolute atomic E-state index is 0.0623. The van der Waals surface area contributed by atoms with Crippen LogP contribution in [0.4, 0.5) is 4.39 Å². The maximum Gasteiger partial charge on any atom is 0.231 e. The molecule has 0 radical (unpaired) electrons. The van der Waals surface area contributed by atoms with Crippen molar-refractivity contribution in [1.82, 2.24) is 4.98 Å². The molecule has 0 aliphatic rings. The van der Waals surface area contributed by atoms with Gasteiger partial charge in [-0.2, -0.15) is 0 Å². The molecule has 1 heterocycles. The quantitative estimate of drug-likeness (QED) is 0.640. The van der Waals surface area contributed by atoms with E-state index in [-0.39, 0.29) is 17.4 Å². The molecule has 0 unspecified atom stereocenters. The summed E-state index contributed by atoms with van der Waals surface area (Å²) in [5.41, 5.74) is -1.47. The lowest BCUT2D eigenvalue weighted by Gasteiger charge is -2.06. The highest BCUT2D eigenvalue weighted by atomic mass is 19.1. The molecule has 66 valence electrons. The number of Topliss-reactive ketones (excluding diaryl/α,β-unsaturated/α-hetero) is 1. The lowest BCUT2D eigenvalue weighted by atomic mass is 10.2. The number of carbonyl (C=O) groups excluding carboxylic acids is 1. The predicted octanol–water partition coefficient (Wildman–Crippen LogP) is 2.08. The highest BCUT2D eigenvalue weighted by Gasteiger charge is 2.25. The van der Waals surface area contributed by atoms with Crippen molar-refractivity contribution in [2.75, 3.05) is 0 Å². The Kier molecular flexibility index (Phi) is 2.00. The molecule has 0 saturated carbocycles. The lowest BCUT2D eigenvalue weighted by Crippen LogP contribution is -2.09. The van der Waals surface area contributed by atoms with Crippen molar-refractivity contribution in [3.8, 4) is 0 Å². The number of nitrogens with zero attached hydrogens (tertiary/aromatic N) is 1. The fourth-order valence-electron chi connectivity index (χ4n) is 0.708. The number of aromatic nitrogens is 1. The molecule has 0 atom stereocenters. The summed E-state index contributed by atoms with van der Waals surface area (Å²) >= 11 is 0. The zero-order valence-electron chi connectivity index (χ0n) is 7.22. The van der Waals surface area contributed by atoms with E-state index in [0.29, 0.717) is 0 Å². The van der Waals surface area contributed by atoms with Gasteiger partial charge < -0.3 is 4.42 Å². The molecule has 0 amide bonds. The SMILES string of the molecule is CC(=O)c1coc(C(C)(C)F)n1. The van der Waals surface area contributed by atoms with Crippen molar-refractivity contribution in [2.24, 2.45) is 0 Å². The van der Waals surface area contributed by atoms with Gasteiger partial charge in [0.2, 0.25) is 5.89 Å². The number of hydrogen-bond donors (Lipinski definition) is 0. The molecule has 0 aliphatic heterocycles. The molecule has 0 bridgehead atoms. The monoisotopic (exact) mass is 171 g/mol. The van der Waals surface area contributed by atoms with Crippen molar-refractivity contribution >= 4 is 5.78 Å². The Morgan fingerprint density at radius 1 is 1.67 bits per heavy atom. The second-order valence-electron chi connectivity index (χ2n) is 3.07. The third-order valence-corrected chi connectivity index (χ3v) is 1.37. The van der Waals surface area contributed by atoms with Crippen LogP contribution >= 0.6 is 0 Å². The number of carbonyl (C=O) groups is 1. The van der Waals surface area contributed by atoms with Crippen LogP contribution in [0.3, 0.4) is 0 Å². The third-order valence-electron chi connectivity index (χ3n) is 1.37. The van der Waals surface area contributed by atoms with Gasteiger partial charge in [0.05, 0.1) is 0 Å². The molecule has 1 aromatic rings.